The zero-order valence-corrected chi connectivity index (χ0v) is 22.1. The van der Waals surface area contributed by atoms with Gasteiger partial charge in [0.05, 0.1) is 6.54 Å². The molecule has 0 aliphatic carbocycles. The summed E-state index contributed by atoms with van der Waals surface area (Å²) in [6, 6.07) is 11.3. The van der Waals surface area contributed by atoms with Crippen LogP contribution in [0, 0.1) is 0 Å². The number of hydrogen-bond acceptors (Lipinski definition) is 6. The van der Waals surface area contributed by atoms with Gasteiger partial charge in [0.25, 0.3) is 0 Å². The second-order valence-electron chi connectivity index (χ2n) is 8.86. The Kier molecular flexibility index (Phi) is 12.4. The number of benzene rings is 2. The first-order valence-corrected chi connectivity index (χ1v) is 12.5. The van der Waals surface area contributed by atoms with E-state index in [0.29, 0.717) is 11.3 Å². The van der Waals surface area contributed by atoms with Crippen molar-refractivity contribution in [1.29, 1.82) is 0 Å². The lowest BCUT2D eigenvalue weighted by Gasteiger charge is -2.23. The van der Waals surface area contributed by atoms with E-state index < -0.39 is 48.4 Å². The van der Waals surface area contributed by atoms with Gasteiger partial charge >= 0.3 is 18.4 Å². The minimum Gasteiger partial charge on any atom is -0.492 e. The molecule has 0 saturated carbocycles. The minimum atomic E-state index is -5.01. The molecule has 0 aromatic heterocycles. The number of unbranched alkanes of at least 4 members (excludes halogenated alkanes) is 1. The highest BCUT2D eigenvalue weighted by Gasteiger charge is 2.33. The van der Waals surface area contributed by atoms with Gasteiger partial charge in [0.2, 0.25) is 5.92 Å². The van der Waals surface area contributed by atoms with Crippen LogP contribution < -0.4 is 14.2 Å². The zero-order valence-electron chi connectivity index (χ0n) is 22.1. The largest absolute Gasteiger partial charge is 0.573 e. The van der Waals surface area contributed by atoms with E-state index >= 15 is 0 Å². The van der Waals surface area contributed by atoms with Crippen LogP contribution in [-0.2, 0) is 16.0 Å². The van der Waals surface area contributed by atoms with Crippen LogP contribution in [0.2, 0.25) is 0 Å². The van der Waals surface area contributed by atoms with Gasteiger partial charge < -0.3 is 29.0 Å². The van der Waals surface area contributed by atoms with E-state index in [1.807, 2.05) is 0 Å². The number of hydrogen-bond donors (Lipinski definition) is 1. The third-order valence-corrected chi connectivity index (χ3v) is 5.44. The molecule has 0 fully saturated rings. The Morgan fingerprint density at radius 1 is 0.950 bits per heavy atom. The van der Waals surface area contributed by atoms with E-state index in [1.54, 1.807) is 31.2 Å². The Labute approximate surface area is 228 Å². The van der Waals surface area contributed by atoms with Gasteiger partial charge in [0.1, 0.15) is 12.4 Å². The number of carboxylic acids is 1. The molecule has 13 heteroatoms. The SMILES string of the molecule is CCOC(Cc1ccc(OCCN(CCCCC(C)(F)F)C(=O)Oc2ccccc2OC(F)(F)F)cc1)C(=O)O. The van der Waals surface area contributed by atoms with Crippen LogP contribution in [0.3, 0.4) is 0 Å². The van der Waals surface area contributed by atoms with Crippen molar-refractivity contribution in [2.45, 2.75) is 57.9 Å². The van der Waals surface area contributed by atoms with Crippen LogP contribution in [0.1, 0.15) is 38.7 Å². The Morgan fingerprint density at radius 2 is 1.60 bits per heavy atom. The molecule has 0 aliphatic heterocycles. The number of nitrogens with zero attached hydrogens (tertiary/aromatic N) is 1. The summed E-state index contributed by atoms with van der Waals surface area (Å²) in [5.41, 5.74) is 0.700. The van der Waals surface area contributed by atoms with Crippen LogP contribution in [0.5, 0.6) is 17.2 Å². The Morgan fingerprint density at radius 3 is 2.17 bits per heavy atom. The molecule has 2 aromatic carbocycles. The maximum absolute atomic E-state index is 13.2. The molecule has 2 rings (SSSR count). The van der Waals surface area contributed by atoms with Gasteiger partial charge in [0.15, 0.2) is 17.6 Å². The molecule has 222 valence electrons. The molecule has 1 unspecified atom stereocenters. The second-order valence-corrected chi connectivity index (χ2v) is 8.86. The van der Waals surface area contributed by atoms with E-state index in [9.17, 15) is 36.6 Å². The van der Waals surface area contributed by atoms with Crippen molar-refractivity contribution < 1.29 is 55.6 Å². The van der Waals surface area contributed by atoms with Gasteiger partial charge in [-0.1, -0.05) is 24.3 Å². The average Bonchev–Trinajstić information content (AvgIpc) is 2.85. The fourth-order valence-electron chi connectivity index (χ4n) is 3.56. The lowest BCUT2D eigenvalue weighted by molar-refractivity contribution is -0.275. The van der Waals surface area contributed by atoms with Gasteiger partial charge in [-0.2, -0.15) is 0 Å². The first-order valence-electron chi connectivity index (χ1n) is 12.5. The predicted molar refractivity (Wildman–Crippen MR) is 134 cm³/mol. The molecule has 1 N–H and O–H groups in total. The molecule has 0 heterocycles. The maximum Gasteiger partial charge on any atom is 0.573 e. The zero-order chi connectivity index (χ0) is 29.8. The summed E-state index contributed by atoms with van der Waals surface area (Å²) < 4.78 is 84.4. The van der Waals surface area contributed by atoms with Crippen LogP contribution >= 0.6 is 0 Å². The molecule has 0 saturated heterocycles. The van der Waals surface area contributed by atoms with Crippen molar-refractivity contribution in [2.24, 2.45) is 0 Å². The van der Waals surface area contributed by atoms with Gasteiger partial charge in [-0.25, -0.2) is 18.4 Å². The van der Waals surface area contributed by atoms with E-state index in [1.165, 1.54) is 12.1 Å². The van der Waals surface area contributed by atoms with E-state index in [-0.39, 0.29) is 45.6 Å². The molecular weight excluding hydrogens is 545 g/mol. The van der Waals surface area contributed by atoms with Gasteiger partial charge in [-0.05, 0) is 56.5 Å². The molecule has 0 spiro atoms. The minimum absolute atomic E-state index is 0.00644. The van der Waals surface area contributed by atoms with E-state index in [0.717, 1.165) is 24.0 Å². The molecule has 2 aromatic rings. The van der Waals surface area contributed by atoms with Gasteiger partial charge in [-0.3, -0.25) is 0 Å². The normalized spacial score (nSPS) is 12.5. The third kappa shape index (κ3) is 12.5. The molecular formula is C27H32F5NO7. The Bertz CT molecular complexity index is 1070. The lowest BCUT2D eigenvalue weighted by atomic mass is 10.1. The standard InChI is InChI=1S/C27H32F5NO7/c1-3-37-23(24(34)35)18-19-10-12-20(13-11-19)38-17-16-33(15-7-6-14-26(2,28)29)25(36)39-21-8-4-5-9-22(21)40-27(30,31)32/h4-5,8-13,23H,3,6-7,14-18H2,1-2H3,(H,34,35). The fourth-order valence-corrected chi connectivity index (χ4v) is 3.56. The number of carbonyl (C=O) groups is 2. The van der Waals surface area contributed by atoms with Crippen LogP contribution in [-0.4, -0.2) is 66.8 Å². The van der Waals surface area contributed by atoms with Crippen molar-refractivity contribution in [2.75, 3.05) is 26.3 Å². The summed E-state index contributed by atoms with van der Waals surface area (Å²) in [5.74, 6) is -4.71. The molecule has 8 nitrogen and oxygen atoms in total. The van der Waals surface area contributed by atoms with Crippen molar-refractivity contribution in [3.8, 4) is 17.2 Å². The average molecular weight is 578 g/mol. The molecule has 0 bridgehead atoms. The number of carbonyl (C=O) groups excluding carboxylic acids is 1. The highest BCUT2D eigenvalue weighted by molar-refractivity contribution is 5.73. The highest BCUT2D eigenvalue weighted by atomic mass is 19.4. The van der Waals surface area contributed by atoms with E-state index in [2.05, 4.69) is 4.74 Å². The number of halogens is 5. The summed E-state index contributed by atoms with van der Waals surface area (Å²) in [6.45, 7) is 2.62. The number of para-hydroxylation sites is 2. The van der Waals surface area contributed by atoms with Crippen LogP contribution in [0.25, 0.3) is 0 Å². The molecule has 0 aliphatic rings. The quantitative estimate of drug-likeness (QED) is 0.184. The summed E-state index contributed by atoms with van der Waals surface area (Å²) in [4.78, 5) is 25.2. The number of ether oxygens (including phenoxy) is 4. The smallest absolute Gasteiger partial charge is 0.492 e. The monoisotopic (exact) mass is 577 g/mol. The predicted octanol–water partition coefficient (Wildman–Crippen LogP) is 6.32. The van der Waals surface area contributed by atoms with Gasteiger partial charge in [0, 0.05) is 26.0 Å². The maximum atomic E-state index is 13.2. The topological polar surface area (TPSA) is 94.5 Å². The summed E-state index contributed by atoms with van der Waals surface area (Å²) in [7, 11) is 0. The first-order chi connectivity index (χ1) is 18.8. The first kappa shape index (κ1) is 32.6. The molecule has 40 heavy (non-hydrogen) atoms. The number of aliphatic carboxylic acids is 1. The van der Waals surface area contributed by atoms with E-state index in [4.69, 9.17) is 14.2 Å². The van der Waals surface area contributed by atoms with Crippen molar-refractivity contribution in [3.63, 3.8) is 0 Å². The second kappa shape index (κ2) is 15.2. The molecule has 1 atom stereocenters. The fraction of sp³-hybridized carbons (Fsp3) is 0.481. The Balaban J connectivity index is 2.02. The summed E-state index contributed by atoms with van der Waals surface area (Å²) >= 11 is 0. The summed E-state index contributed by atoms with van der Waals surface area (Å²) in [6.07, 6.45) is -6.95. The van der Waals surface area contributed by atoms with Crippen LogP contribution in [0.4, 0.5) is 26.7 Å². The highest BCUT2D eigenvalue weighted by Crippen LogP contribution is 2.32. The number of carboxylic acid groups (broad SMARTS) is 1. The van der Waals surface area contributed by atoms with Crippen molar-refractivity contribution in [3.05, 3.63) is 54.1 Å². The number of rotatable bonds is 16. The van der Waals surface area contributed by atoms with Crippen molar-refractivity contribution in [1.82, 2.24) is 4.90 Å². The molecule has 0 radical (unpaired) electrons. The number of alkyl halides is 5. The Hall–Kier alpha value is -3.61. The van der Waals surface area contributed by atoms with Crippen LogP contribution in [0.15, 0.2) is 48.5 Å². The number of amides is 1. The summed E-state index contributed by atoms with van der Waals surface area (Å²) in [5, 5.41) is 9.22. The van der Waals surface area contributed by atoms with Crippen molar-refractivity contribution >= 4 is 12.1 Å². The third-order valence-electron chi connectivity index (χ3n) is 5.44. The van der Waals surface area contributed by atoms with Gasteiger partial charge in [-0.15, -0.1) is 13.2 Å². The molecule has 1 amide bonds. The lowest BCUT2D eigenvalue weighted by Crippen LogP contribution is -2.37.